The Kier molecular flexibility index (Phi) is 10.8. The number of carbonyl (C=O) groups excluding carboxylic acids is 1. The molecule has 1 aromatic heterocycles. The summed E-state index contributed by atoms with van der Waals surface area (Å²) in [4.78, 5) is 29.0. The fourth-order valence-corrected chi connectivity index (χ4v) is 10.9. The molecule has 1 amide bonds. The fourth-order valence-electron chi connectivity index (χ4n) is 8.65. The van der Waals surface area contributed by atoms with Crippen LogP contribution in [0.1, 0.15) is 68.4 Å². The highest BCUT2D eigenvalue weighted by Crippen LogP contribution is 2.65. The van der Waals surface area contributed by atoms with Gasteiger partial charge in [-0.1, -0.05) is 67.4 Å². The predicted octanol–water partition coefficient (Wildman–Crippen LogP) is 6.88. The molecule has 1 aliphatic carbocycles. The van der Waals surface area contributed by atoms with E-state index in [1.807, 2.05) is 78.9 Å². The summed E-state index contributed by atoms with van der Waals surface area (Å²) in [7, 11) is 1.61. The zero-order valence-corrected chi connectivity index (χ0v) is 32.0. The number of nitrogens with zero attached hydrogens (tertiary/aromatic N) is 3. The van der Waals surface area contributed by atoms with Gasteiger partial charge in [-0.25, -0.2) is 13.9 Å². The first-order chi connectivity index (χ1) is 26.7. The van der Waals surface area contributed by atoms with E-state index < -0.39 is 44.4 Å². The summed E-state index contributed by atoms with van der Waals surface area (Å²) in [5.41, 5.74) is 0.156. The van der Waals surface area contributed by atoms with Gasteiger partial charge in [0.25, 0.3) is 8.53 Å². The summed E-state index contributed by atoms with van der Waals surface area (Å²) in [6.45, 7) is 2.00. The number of nitrogens with one attached hydrogen (secondary N) is 1. The maximum Gasteiger partial charge on any atom is 0.351 e. The molecule has 55 heavy (non-hydrogen) atoms. The van der Waals surface area contributed by atoms with Crippen molar-refractivity contribution in [2.24, 2.45) is 0 Å². The van der Waals surface area contributed by atoms with E-state index in [-0.39, 0.29) is 30.0 Å². The van der Waals surface area contributed by atoms with E-state index in [1.165, 1.54) is 19.2 Å². The maximum atomic E-state index is 17.1. The highest BCUT2D eigenvalue weighted by atomic mass is 31.2. The van der Waals surface area contributed by atoms with Crippen molar-refractivity contribution in [2.75, 3.05) is 32.7 Å². The summed E-state index contributed by atoms with van der Waals surface area (Å²) >= 11 is 0. The van der Waals surface area contributed by atoms with Crippen LogP contribution in [0.5, 0.6) is 11.5 Å². The average Bonchev–Trinajstić information content (AvgIpc) is 4.00. The van der Waals surface area contributed by atoms with Gasteiger partial charge in [0.15, 0.2) is 12.4 Å². The number of halogens is 1. The molecule has 4 aliphatic rings. The average molecular weight is 773 g/mol. The number of aromatic nitrogens is 2. The Morgan fingerprint density at radius 1 is 0.945 bits per heavy atom. The molecule has 0 bridgehead atoms. The molecule has 290 valence electrons. The summed E-state index contributed by atoms with van der Waals surface area (Å²) < 4.78 is 58.8. The van der Waals surface area contributed by atoms with Crippen molar-refractivity contribution in [1.29, 1.82) is 0 Å². The molecule has 4 aromatic rings. The molecule has 12 nitrogen and oxygen atoms in total. The highest BCUT2D eigenvalue weighted by molar-refractivity contribution is 7.45. The standard InChI is InChI=1S/C41H46FN4O8P/c1-27(47)43-35-21-25-45(39(48)44-35)38-36(42)37(53-55-46-24-9-12-34(46)40(54-55)22-7-8-23-40)33(52-38)26-51-41(28-10-5-4-6-11-28,29-13-17-31(49-2)18-14-29)30-15-19-32(50-3)20-16-30/h4-6,10-11,13-21,25,33-34,36-38H,7-9,12,22-24,26H2,1-3H3,(H,43,44,47,48)/t33-,34+,36-,37-,38-,55+/m1/s1. The van der Waals surface area contributed by atoms with E-state index in [2.05, 4.69) is 15.0 Å². The van der Waals surface area contributed by atoms with Gasteiger partial charge in [-0.05, 0) is 72.7 Å². The molecule has 4 fully saturated rings. The summed E-state index contributed by atoms with van der Waals surface area (Å²) in [5.74, 6) is 1.04. The van der Waals surface area contributed by atoms with Gasteiger partial charge in [0, 0.05) is 25.7 Å². The number of anilines is 1. The molecule has 14 heteroatoms. The minimum absolute atomic E-state index is 0.0613. The lowest BCUT2D eigenvalue weighted by Crippen LogP contribution is -2.40. The van der Waals surface area contributed by atoms with Crippen LogP contribution >= 0.6 is 8.53 Å². The number of amides is 1. The van der Waals surface area contributed by atoms with Gasteiger partial charge in [0.2, 0.25) is 5.91 Å². The fraction of sp³-hybridized carbons (Fsp3) is 0.439. The Hall–Kier alpha value is -4.23. The predicted molar refractivity (Wildman–Crippen MR) is 204 cm³/mol. The molecule has 1 N–H and O–H groups in total. The number of hydrogen-bond donors (Lipinski definition) is 1. The third-order valence-electron chi connectivity index (χ3n) is 11.3. The number of carbonyl (C=O) groups is 1. The van der Waals surface area contributed by atoms with E-state index in [9.17, 15) is 9.59 Å². The molecule has 1 spiro atoms. The second-order valence-corrected chi connectivity index (χ2v) is 15.9. The summed E-state index contributed by atoms with van der Waals surface area (Å²) in [5, 5.41) is 2.51. The van der Waals surface area contributed by atoms with Crippen LogP contribution in [0.4, 0.5) is 10.2 Å². The summed E-state index contributed by atoms with van der Waals surface area (Å²) in [6.07, 6.45) is 2.20. The second-order valence-electron chi connectivity index (χ2n) is 14.5. The minimum atomic E-state index is -1.79. The van der Waals surface area contributed by atoms with Crippen molar-refractivity contribution in [3.63, 3.8) is 0 Å². The van der Waals surface area contributed by atoms with E-state index in [4.69, 9.17) is 28.0 Å². The first-order valence-corrected chi connectivity index (χ1v) is 20.0. The van der Waals surface area contributed by atoms with E-state index in [0.717, 1.165) is 66.3 Å². The lowest BCUT2D eigenvalue weighted by molar-refractivity contribution is -0.114. The molecule has 0 radical (unpaired) electrons. The van der Waals surface area contributed by atoms with Crippen LogP contribution in [0.3, 0.4) is 0 Å². The zero-order valence-electron chi connectivity index (χ0n) is 31.1. The van der Waals surface area contributed by atoms with Crippen molar-refractivity contribution in [3.05, 3.63) is 118 Å². The Bertz CT molecular complexity index is 1970. The number of fused-ring (bicyclic) bond motifs is 2. The molecule has 4 heterocycles. The van der Waals surface area contributed by atoms with Crippen molar-refractivity contribution < 1.29 is 37.2 Å². The lowest BCUT2D eigenvalue weighted by Gasteiger charge is -2.37. The maximum absolute atomic E-state index is 17.1. The first kappa shape index (κ1) is 37.7. The van der Waals surface area contributed by atoms with Gasteiger partial charge in [-0.2, -0.15) is 4.98 Å². The van der Waals surface area contributed by atoms with Crippen LogP contribution in [-0.2, 0) is 28.9 Å². The molecule has 1 saturated carbocycles. The van der Waals surface area contributed by atoms with E-state index in [0.29, 0.717) is 11.5 Å². The molecule has 8 rings (SSSR count). The Morgan fingerprint density at radius 2 is 1.58 bits per heavy atom. The Morgan fingerprint density at radius 3 is 2.18 bits per heavy atom. The third kappa shape index (κ3) is 7.07. The topological polar surface area (TPSA) is 123 Å². The normalized spacial score (nSPS) is 26.0. The third-order valence-corrected chi connectivity index (χ3v) is 13.1. The SMILES string of the molecule is COc1ccc(C(OC[C@H]2O[C@@H](n3ccc(NC(C)=O)nc3=O)[C@H](F)[C@@H]2O[P@@]2OC3(CCCC3)[C@@H]3CCCN32)(c2ccccc2)c2ccc(OC)cc2)cc1. The minimum Gasteiger partial charge on any atom is -0.497 e. The number of benzene rings is 3. The van der Waals surface area contributed by atoms with E-state index in [1.54, 1.807) is 14.2 Å². The van der Waals surface area contributed by atoms with Gasteiger partial charge in [-0.3, -0.25) is 9.36 Å². The number of rotatable bonds is 12. The molecule has 6 atom stereocenters. The quantitative estimate of drug-likeness (QED) is 0.121. The van der Waals surface area contributed by atoms with E-state index >= 15 is 4.39 Å². The summed E-state index contributed by atoms with van der Waals surface area (Å²) in [6, 6.07) is 26.8. The molecule has 3 aromatic carbocycles. The van der Waals surface area contributed by atoms with Crippen LogP contribution in [0.25, 0.3) is 0 Å². The molecule has 3 aliphatic heterocycles. The molecular formula is C41H46FN4O8P. The van der Waals surface area contributed by atoms with Crippen LogP contribution in [0, 0.1) is 0 Å². The molecule has 0 unspecified atom stereocenters. The van der Waals surface area contributed by atoms with Crippen molar-refractivity contribution in [2.45, 2.75) is 87.3 Å². The van der Waals surface area contributed by atoms with Gasteiger partial charge in [0.05, 0.1) is 26.4 Å². The van der Waals surface area contributed by atoms with Gasteiger partial charge in [0.1, 0.15) is 35.1 Å². The number of ether oxygens (including phenoxy) is 4. The van der Waals surface area contributed by atoms with Crippen LogP contribution in [0.15, 0.2) is 95.9 Å². The zero-order chi connectivity index (χ0) is 38.2. The monoisotopic (exact) mass is 772 g/mol. The second kappa shape index (κ2) is 15.7. The largest absolute Gasteiger partial charge is 0.497 e. The highest BCUT2D eigenvalue weighted by Gasteiger charge is 2.60. The number of alkyl halides is 1. The van der Waals surface area contributed by atoms with Gasteiger partial charge >= 0.3 is 5.69 Å². The van der Waals surface area contributed by atoms with Gasteiger partial charge in [-0.15, -0.1) is 0 Å². The van der Waals surface area contributed by atoms with Crippen molar-refractivity contribution in [3.8, 4) is 11.5 Å². The Balaban J connectivity index is 1.18. The lowest BCUT2D eigenvalue weighted by atomic mass is 9.80. The van der Waals surface area contributed by atoms with Crippen LogP contribution in [0.2, 0.25) is 0 Å². The number of methoxy groups -OCH3 is 2. The smallest absolute Gasteiger partial charge is 0.351 e. The number of hydrogen-bond acceptors (Lipinski definition) is 10. The van der Waals surface area contributed by atoms with Crippen molar-refractivity contribution >= 4 is 20.3 Å². The molecular weight excluding hydrogens is 726 g/mol. The van der Waals surface area contributed by atoms with Crippen LogP contribution < -0.4 is 20.5 Å². The van der Waals surface area contributed by atoms with Crippen molar-refractivity contribution in [1.82, 2.24) is 14.2 Å². The van der Waals surface area contributed by atoms with Crippen LogP contribution in [-0.4, -0.2) is 77.5 Å². The van der Waals surface area contributed by atoms with Gasteiger partial charge < -0.3 is 33.3 Å². The molecule has 3 saturated heterocycles. The first-order valence-electron chi connectivity index (χ1n) is 18.8. The Labute approximate surface area is 320 Å².